The standard InChI is InChI=1S/C22H42O3/c1-3-5-7-9-10-11-12-13-14-16-19(23)18-21-20(22(24)25-21)17-15-8-6-4-2/h19-21,23H,3-18H2,1-2H3/t19-,20-,21+/m1/s1. The summed E-state index contributed by atoms with van der Waals surface area (Å²) in [7, 11) is 0. The lowest BCUT2D eigenvalue weighted by molar-refractivity contribution is -0.188. The smallest absolute Gasteiger partial charge is 0.313 e. The van der Waals surface area contributed by atoms with Crippen molar-refractivity contribution in [1.82, 2.24) is 0 Å². The second kappa shape index (κ2) is 14.6. The van der Waals surface area contributed by atoms with Crippen molar-refractivity contribution >= 4 is 5.97 Å². The molecule has 148 valence electrons. The van der Waals surface area contributed by atoms with Crippen LogP contribution in [0.1, 0.15) is 117 Å². The largest absolute Gasteiger partial charge is 0.461 e. The first-order valence-corrected chi connectivity index (χ1v) is 11.1. The van der Waals surface area contributed by atoms with E-state index in [0.29, 0.717) is 6.42 Å². The molecule has 0 saturated carbocycles. The Labute approximate surface area is 155 Å². The Kier molecular flexibility index (Phi) is 13.1. The molecule has 1 saturated heterocycles. The number of hydrogen-bond donors (Lipinski definition) is 1. The topological polar surface area (TPSA) is 46.5 Å². The maximum Gasteiger partial charge on any atom is 0.313 e. The second-order valence-corrected chi connectivity index (χ2v) is 7.94. The zero-order valence-corrected chi connectivity index (χ0v) is 16.8. The van der Waals surface area contributed by atoms with Crippen molar-refractivity contribution in [1.29, 1.82) is 0 Å². The lowest BCUT2D eigenvalue weighted by atomic mass is 9.86. The van der Waals surface area contributed by atoms with Crippen LogP contribution in [-0.2, 0) is 9.53 Å². The third kappa shape index (κ3) is 10.2. The molecule has 1 fully saturated rings. The van der Waals surface area contributed by atoms with Gasteiger partial charge in [0, 0.05) is 6.42 Å². The lowest BCUT2D eigenvalue weighted by Gasteiger charge is -2.36. The Balaban J connectivity index is 1.98. The number of esters is 1. The number of hydrogen-bond acceptors (Lipinski definition) is 3. The minimum absolute atomic E-state index is 0.0253. The number of carbonyl (C=O) groups excluding carboxylic acids is 1. The lowest BCUT2D eigenvalue weighted by Crippen LogP contribution is -2.46. The van der Waals surface area contributed by atoms with Crippen LogP contribution in [0.5, 0.6) is 0 Å². The van der Waals surface area contributed by atoms with E-state index >= 15 is 0 Å². The maximum atomic E-state index is 11.6. The van der Waals surface area contributed by atoms with Gasteiger partial charge in [-0.15, -0.1) is 0 Å². The maximum absolute atomic E-state index is 11.6. The molecule has 0 aromatic carbocycles. The van der Waals surface area contributed by atoms with Gasteiger partial charge in [-0.3, -0.25) is 4.79 Å². The van der Waals surface area contributed by atoms with Crippen molar-refractivity contribution in [2.24, 2.45) is 5.92 Å². The highest BCUT2D eigenvalue weighted by Gasteiger charge is 2.42. The molecule has 1 N–H and O–H groups in total. The van der Waals surface area contributed by atoms with Crippen LogP contribution in [0.4, 0.5) is 0 Å². The molecule has 1 aliphatic rings. The Morgan fingerprint density at radius 2 is 1.36 bits per heavy atom. The van der Waals surface area contributed by atoms with Gasteiger partial charge in [-0.1, -0.05) is 97.3 Å². The molecular weight excluding hydrogens is 312 g/mol. The summed E-state index contributed by atoms with van der Waals surface area (Å²) in [6, 6.07) is 0. The van der Waals surface area contributed by atoms with Gasteiger partial charge in [-0.05, 0) is 12.8 Å². The zero-order valence-electron chi connectivity index (χ0n) is 16.8. The minimum Gasteiger partial charge on any atom is -0.461 e. The third-order valence-electron chi connectivity index (χ3n) is 5.53. The fraction of sp³-hybridized carbons (Fsp3) is 0.955. The van der Waals surface area contributed by atoms with Gasteiger partial charge in [0.05, 0.1) is 12.0 Å². The molecule has 3 atom stereocenters. The molecule has 0 spiro atoms. The fourth-order valence-corrected chi connectivity index (χ4v) is 3.78. The fourth-order valence-electron chi connectivity index (χ4n) is 3.78. The molecule has 25 heavy (non-hydrogen) atoms. The van der Waals surface area contributed by atoms with Crippen LogP contribution in [-0.4, -0.2) is 23.3 Å². The Morgan fingerprint density at radius 3 is 1.92 bits per heavy atom. The van der Waals surface area contributed by atoms with E-state index in [4.69, 9.17) is 4.74 Å². The summed E-state index contributed by atoms with van der Waals surface area (Å²) in [5.74, 6) is 0.00592. The molecule has 1 rings (SSSR count). The van der Waals surface area contributed by atoms with E-state index in [1.165, 1.54) is 70.6 Å². The summed E-state index contributed by atoms with van der Waals surface area (Å²) < 4.78 is 5.27. The molecule has 3 heteroatoms. The number of rotatable bonds is 17. The summed E-state index contributed by atoms with van der Waals surface area (Å²) >= 11 is 0. The zero-order chi connectivity index (χ0) is 18.3. The van der Waals surface area contributed by atoms with E-state index in [0.717, 1.165) is 25.7 Å². The number of carbonyl (C=O) groups is 1. The van der Waals surface area contributed by atoms with Gasteiger partial charge < -0.3 is 9.84 Å². The van der Waals surface area contributed by atoms with Crippen LogP contribution in [0.2, 0.25) is 0 Å². The van der Waals surface area contributed by atoms with Gasteiger partial charge in [-0.25, -0.2) is 0 Å². The Morgan fingerprint density at radius 1 is 0.840 bits per heavy atom. The van der Waals surface area contributed by atoms with E-state index in [1.54, 1.807) is 0 Å². The van der Waals surface area contributed by atoms with E-state index in [2.05, 4.69) is 13.8 Å². The highest BCUT2D eigenvalue weighted by atomic mass is 16.6. The molecule has 3 nitrogen and oxygen atoms in total. The van der Waals surface area contributed by atoms with Crippen molar-refractivity contribution < 1.29 is 14.6 Å². The minimum atomic E-state index is -0.305. The molecule has 0 aromatic heterocycles. The van der Waals surface area contributed by atoms with Gasteiger partial charge in [0.25, 0.3) is 0 Å². The average Bonchev–Trinajstić information content (AvgIpc) is 2.59. The molecule has 0 aromatic rings. The molecule has 0 radical (unpaired) electrons. The van der Waals surface area contributed by atoms with E-state index < -0.39 is 0 Å². The summed E-state index contributed by atoms with van der Waals surface area (Å²) in [5, 5.41) is 10.2. The SMILES string of the molecule is CCCCCCCCCCC[C@@H](O)C[C@@H]1OC(=O)[C@@H]1CCCCCC. The number of unbranched alkanes of at least 4 members (excludes halogenated alkanes) is 11. The van der Waals surface area contributed by atoms with Crippen molar-refractivity contribution in [3.63, 3.8) is 0 Å². The summed E-state index contributed by atoms with van der Waals surface area (Å²) in [6.45, 7) is 4.45. The predicted octanol–water partition coefficient (Wildman–Crippen LogP) is 6.17. The number of aliphatic hydroxyl groups excluding tert-OH is 1. The Hall–Kier alpha value is -0.570. The molecule has 0 unspecified atom stereocenters. The number of cyclic esters (lactones) is 1. The van der Waals surface area contributed by atoms with E-state index in [9.17, 15) is 9.90 Å². The van der Waals surface area contributed by atoms with Gasteiger partial charge in [0.1, 0.15) is 6.10 Å². The molecule has 1 aliphatic heterocycles. The van der Waals surface area contributed by atoms with Crippen LogP contribution in [0.3, 0.4) is 0 Å². The van der Waals surface area contributed by atoms with Crippen LogP contribution < -0.4 is 0 Å². The molecule has 1 heterocycles. The van der Waals surface area contributed by atoms with Crippen LogP contribution in [0, 0.1) is 5.92 Å². The number of aliphatic hydroxyl groups is 1. The van der Waals surface area contributed by atoms with Crippen LogP contribution in [0.25, 0.3) is 0 Å². The van der Waals surface area contributed by atoms with Crippen molar-refractivity contribution in [3.05, 3.63) is 0 Å². The van der Waals surface area contributed by atoms with Gasteiger partial charge >= 0.3 is 5.97 Å². The third-order valence-corrected chi connectivity index (χ3v) is 5.53. The van der Waals surface area contributed by atoms with Gasteiger partial charge in [-0.2, -0.15) is 0 Å². The van der Waals surface area contributed by atoms with Gasteiger partial charge in [0.15, 0.2) is 0 Å². The van der Waals surface area contributed by atoms with E-state index in [-0.39, 0.29) is 24.1 Å². The first-order valence-electron chi connectivity index (χ1n) is 11.1. The van der Waals surface area contributed by atoms with Gasteiger partial charge in [0.2, 0.25) is 0 Å². The average molecular weight is 355 g/mol. The summed E-state index contributed by atoms with van der Waals surface area (Å²) in [4.78, 5) is 11.6. The highest BCUT2D eigenvalue weighted by molar-refractivity contribution is 5.78. The molecule has 0 amide bonds. The van der Waals surface area contributed by atoms with E-state index in [1.807, 2.05) is 0 Å². The second-order valence-electron chi connectivity index (χ2n) is 7.94. The Bertz CT molecular complexity index is 329. The van der Waals surface area contributed by atoms with Crippen molar-refractivity contribution in [2.75, 3.05) is 0 Å². The predicted molar refractivity (Wildman–Crippen MR) is 105 cm³/mol. The van der Waals surface area contributed by atoms with Crippen molar-refractivity contribution in [3.8, 4) is 0 Å². The van der Waals surface area contributed by atoms with Crippen LogP contribution in [0.15, 0.2) is 0 Å². The first-order chi connectivity index (χ1) is 12.2. The summed E-state index contributed by atoms with van der Waals surface area (Å²) in [5.41, 5.74) is 0. The van der Waals surface area contributed by atoms with Crippen molar-refractivity contribution in [2.45, 2.75) is 129 Å². The number of ether oxygens (including phenoxy) is 1. The molecular formula is C22H42O3. The normalized spacial score (nSPS) is 21.0. The molecule has 0 bridgehead atoms. The van der Waals surface area contributed by atoms with Crippen LogP contribution >= 0.6 is 0 Å². The first kappa shape index (κ1) is 22.5. The highest BCUT2D eigenvalue weighted by Crippen LogP contribution is 2.31. The molecule has 0 aliphatic carbocycles. The monoisotopic (exact) mass is 354 g/mol. The summed E-state index contributed by atoms with van der Waals surface area (Å²) in [6.07, 6.45) is 18.6. The quantitative estimate of drug-likeness (QED) is 0.251.